The van der Waals surface area contributed by atoms with E-state index in [-0.39, 0.29) is 18.5 Å². The molecule has 0 saturated heterocycles. The van der Waals surface area contributed by atoms with E-state index < -0.39 is 7.60 Å². The summed E-state index contributed by atoms with van der Waals surface area (Å²) >= 11 is 0. The molecule has 11 heteroatoms. The number of rotatable bonds is 10. The fraction of sp³-hybridized carbons (Fsp3) is 0.647. The smallest absolute Gasteiger partial charge is 0.356 e. The average Bonchev–Trinajstić information content (AvgIpc) is 3.03. The van der Waals surface area contributed by atoms with Crippen LogP contribution in [0.15, 0.2) is 17.6 Å². The molecule has 2 aromatic rings. The Morgan fingerprint density at radius 1 is 1.25 bits per heavy atom. The van der Waals surface area contributed by atoms with Crippen molar-refractivity contribution in [1.29, 1.82) is 0 Å². The number of aliphatic imine (C=N–C) groups is 1. The Kier molecular flexibility index (Phi) is 6.77. The maximum atomic E-state index is 12.5. The molecule has 0 atom stereocenters. The number of nitrogens with zero attached hydrogens (tertiary/aromatic N) is 6. The number of hydrogen-bond acceptors (Lipinski definition) is 8. The lowest BCUT2D eigenvalue weighted by Crippen LogP contribution is -2.33. The van der Waals surface area contributed by atoms with Crippen LogP contribution in [0.2, 0.25) is 0 Å². The van der Waals surface area contributed by atoms with Gasteiger partial charge in [0.25, 0.3) is 0 Å². The molecule has 154 valence electrons. The van der Waals surface area contributed by atoms with Crippen LogP contribution < -0.4 is 0 Å². The van der Waals surface area contributed by atoms with Gasteiger partial charge in [-0.1, -0.05) is 0 Å². The summed E-state index contributed by atoms with van der Waals surface area (Å²) in [5, 5.41) is 0. The fourth-order valence-corrected chi connectivity index (χ4v) is 4.38. The van der Waals surface area contributed by atoms with E-state index in [9.17, 15) is 4.57 Å². The maximum Gasteiger partial charge on any atom is 0.356 e. The Morgan fingerprint density at radius 3 is 2.61 bits per heavy atom. The highest BCUT2D eigenvalue weighted by Crippen LogP contribution is 2.49. The number of ether oxygens (including phenoxy) is 1. The Morgan fingerprint density at radius 2 is 1.96 bits per heavy atom. The van der Waals surface area contributed by atoms with Crippen LogP contribution in [-0.4, -0.2) is 70.5 Å². The molecule has 10 nitrogen and oxygen atoms in total. The molecule has 1 aliphatic carbocycles. The first-order valence-electron chi connectivity index (χ1n) is 9.33. The van der Waals surface area contributed by atoms with Crippen LogP contribution in [0.3, 0.4) is 0 Å². The minimum Gasteiger partial charge on any atom is -0.369 e. The van der Waals surface area contributed by atoms with Crippen LogP contribution >= 0.6 is 7.60 Å². The van der Waals surface area contributed by atoms with Gasteiger partial charge in [-0.2, -0.15) is 0 Å². The first kappa shape index (κ1) is 20.9. The van der Waals surface area contributed by atoms with E-state index in [0.29, 0.717) is 24.5 Å². The fourth-order valence-electron chi connectivity index (χ4n) is 2.97. The molecule has 28 heavy (non-hydrogen) atoms. The molecule has 1 aliphatic rings. The highest BCUT2D eigenvalue weighted by Gasteiger charge is 2.35. The lowest BCUT2D eigenvalue weighted by molar-refractivity contribution is -0.0123. The van der Waals surface area contributed by atoms with Crippen LogP contribution in [0.5, 0.6) is 0 Å². The van der Waals surface area contributed by atoms with Gasteiger partial charge in [0.1, 0.15) is 12.7 Å². The molecule has 0 aromatic carbocycles. The SMILES string of the molecule is CCOP(=O)(COC1CC(n2cnc3c(/N=C/N(C)C)ncnc32)C1)OCC. The summed E-state index contributed by atoms with van der Waals surface area (Å²) in [5.41, 5.74) is 1.42. The maximum absolute atomic E-state index is 12.5. The minimum absolute atomic E-state index is 0.00440. The summed E-state index contributed by atoms with van der Waals surface area (Å²) in [5.74, 6) is 0.541. The van der Waals surface area contributed by atoms with Crippen molar-refractivity contribution in [2.24, 2.45) is 4.99 Å². The molecule has 2 aromatic heterocycles. The third-order valence-corrected chi connectivity index (χ3v) is 6.10. The average molecular weight is 410 g/mol. The molecule has 0 bridgehead atoms. The van der Waals surface area contributed by atoms with E-state index in [1.54, 1.807) is 26.5 Å². The van der Waals surface area contributed by atoms with Crippen LogP contribution in [0.25, 0.3) is 11.2 Å². The predicted molar refractivity (Wildman–Crippen MR) is 106 cm³/mol. The summed E-state index contributed by atoms with van der Waals surface area (Å²) in [4.78, 5) is 19.2. The minimum atomic E-state index is -3.18. The van der Waals surface area contributed by atoms with Gasteiger partial charge in [0.2, 0.25) is 0 Å². The molecule has 0 N–H and O–H groups in total. The van der Waals surface area contributed by atoms with Gasteiger partial charge >= 0.3 is 7.60 Å². The van der Waals surface area contributed by atoms with E-state index >= 15 is 0 Å². The Bertz CT molecular complexity index is 854. The van der Waals surface area contributed by atoms with Gasteiger partial charge in [0, 0.05) is 20.1 Å². The molecule has 1 fully saturated rings. The molecule has 0 unspecified atom stereocenters. The van der Waals surface area contributed by atoms with Crippen LogP contribution in [0.1, 0.15) is 32.7 Å². The number of aromatic nitrogens is 4. The number of fused-ring (bicyclic) bond motifs is 1. The van der Waals surface area contributed by atoms with E-state index in [2.05, 4.69) is 19.9 Å². The van der Waals surface area contributed by atoms with Crippen molar-refractivity contribution in [3.8, 4) is 0 Å². The van der Waals surface area contributed by atoms with Crippen LogP contribution in [0, 0.1) is 0 Å². The van der Waals surface area contributed by atoms with E-state index in [0.717, 1.165) is 18.5 Å². The monoisotopic (exact) mass is 410 g/mol. The Balaban J connectivity index is 1.62. The van der Waals surface area contributed by atoms with Gasteiger partial charge < -0.3 is 23.3 Å². The van der Waals surface area contributed by atoms with Crippen LogP contribution in [-0.2, 0) is 18.3 Å². The third-order valence-electron chi connectivity index (χ3n) is 4.33. The lowest BCUT2D eigenvalue weighted by Gasteiger charge is -2.36. The van der Waals surface area contributed by atoms with Gasteiger partial charge in [-0.3, -0.25) is 4.57 Å². The Hall–Kier alpha value is -1.87. The standard InChI is InChI=1S/C17H27N6O4P/c1-5-26-28(24,27-6-2)12-25-14-7-13(8-14)23-11-20-15-16(21-10-22(3)4)18-9-19-17(15)23/h9-11,13-14H,5-8,12H2,1-4H3/b21-10+. The highest BCUT2D eigenvalue weighted by atomic mass is 31.2. The molecule has 1 saturated carbocycles. The second kappa shape index (κ2) is 9.09. The molecule has 0 radical (unpaired) electrons. The molecule has 2 heterocycles. The van der Waals surface area contributed by atoms with Gasteiger partial charge in [-0.25, -0.2) is 19.9 Å². The van der Waals surface area contributed by atoms with Gasteiger partial charge in [0.15, 0.2) is 17.0 Å². The zero-order chi connectivity index (χ0) is 20.1. The molecular weight excluding hydrogens is 383 g/mol. The second-order valence-electron chi connectivity index (χ2n) is 6.72. The summed E-state index contributed by atoms with van der Waals surface area (Å²) in [6, 6.07) is 0.217. The van der Waals surface area contributed by atoms with Crippen molar-refractivity contribution in [3.05, 3.63) is 12.7 Å². The summed E-state index contributed by atoms with van der Waals surface area (Å²) in [6.45, 7) is 4.22. The number of imidazole rings is 1. The Labute approximate surface area is 164 Å². The van der Waals surface area contributed by atoms with Crippen molar-refractivity contribution >= 4 is 30.9 Å². The first-order valence-corrected chi connectivity index (χ1v) is 11.1. The normalized spacial score (nSPS) is 20.0. The number of hydrogen-bond donors (Lipinski definition) is 0. The summed E-state index contributed by atoms with van der Waals surface area (Å²) in [6.07, 6.45) is 6.49. The molecule has 3 rings (SSSR count). The molecular formula is C17H27N6O4P. The topological polar surface area (TPSA) is 104 Å². The third kappa shape index (κ3) is 4.75. The van der Waals surface area contributed by atoms with E-state index in [4.69, 9.17) is 13.8 Å². The van der Waals surface area contributed by atoms with Crippen molar-refractivity contribution in [2.75, 3.05) is 33.7 Å². The highest BCUT2D eigenvalue weighted by molar-refractivity contribution is 7.53. The summed E-state index contributed by atoms with van der Waals surface area (Å²) in [7, 11) is 0.612. The molecule has 0 aliphatic heterocycles. The predicted octanol–water partition coefficient (Wildman–Crippen LogP) is 2.99. The largest absolute Gasteiger partial charge is 0.369 e. The molecule has 0 spiro atoms. The quantitative estimate of drug-likeness (QED) is 0.334. The van der Waals surface area contributed by atoms with E-state index in [1.807, 2.05) is 23.6 Å². The second-order valence-corrected chi connectivity index (χ2v) is 8.72. The zero-order valence-corrected chi connectivity index (χ0v) is 17.6. The summed E-state index contributed by atoms with van der Waals surface area (Å²) < 4.78 is 30.8. The zero-order valence-electron chi connectivity index (χ0n) is 16.7. The van der Waals surface area contributed by atoms with Gasteiger partial charge in [-0.05, 0) is 26.7 Å². The van der Waals surface area contributed by atoms with Crippen molar-refractivity contribution in [1.82, 2.24) is 24.4 Å². The van der Waals surface area contributed by atoms with Crippen molar-refractivity contribution < 1.29 is 18.3 Å². The van der Waals surface area contributed by atoms with Gasteiger partial charge in [0.05, 0.1) is 32.0 Å². The molecule has 0 amide bonds. The lowest BCUT2D eigenvalue weighted by atomic mass is 9.89. The van der Waals surface area contributed by atoms with Crippen LogP contribution in [0.4, 0.5) is 5.82 Å². The van der Waals surface area contributed by atoms with Crippen molar-refractivity contribution in [2.45, 2.75) is 38.8 Å². The first-order chi connectivity index (χ1) is 13.5. The van der Waals surface area contributed by atoms with Gasteiger partial charge in [-0.15, -0.1) is 0 Å². The van der Waals surface area contributed by atoms with E-state index in [1.165, 1.54) is 6.33 Å². The van der Waals surface area contributed by atoms with Crippen molar-refractivity contribution in [3.63, 3.8) is 0 Å².